The Morgan fingerprint density at radius 2 is 1.44 bits per heavy atom. The molecule has 0 atom stereocenters. The van der Waals surface area contributed by atoms with E-state index in [1.807, 2.05) is 0 Å². The summed E-state index contributed by atoms with van der Waals surface area (Å²) >= 11 is 0. The van der Waals surface area contributed by atoms with Crippen LogP contribution in [0.1, 0.15) is 13.8 Å². The van der Waals surface area contributed by atoms with Gasteiger partial charge in [0.1, 0.15) is 12.5 Å². The van der Waals surface area contributed by atoms with Crippen LogP contribution in [0.2, 0.25) is 0 Å². The summed E-state index contributed by atoms with van der Waals surface area (Å²) in [6.07, 6.45) is 2.18. The van der Waals surface area contributed by atoms with E-state index in [0.717, 1.165) is 12.5 Å². The molecule has 16 heavy (non-hydrogen) atoms. The summed E-state index contributed by atoms with van der Waals surface area (Å²) in [7, 11) is 0. The summed E-state index contributed by atoms with van der Waals surface area (Å²) in [5.41, 5.74) is 0. The maximum atomic E-state index is 11.5. The smallest absolute Gasteiger partial charge is 0.452 e. The summed E-state index contributed by atoms with van der Waals surface area (Å²) in [4.78, 5) is 22.9. The Morgan fingerprint density at radius 1 is 1.06 bits per heavy atom. The first-order chi connectivity index (χ1) is 7.17. The van der Waals surface area contributed by atoms with Gasteiger partial charge in [-0.05, 0) is 13.8 Å². The van der Waals surface area contributed by atoms with Gasteiger partial charge in [-0.3, -0.25) is 0 Å². The van der Waals surface area contributed by atoms with Crippen molar-refractivity contribution in [1.82, 2.24) is 0 Å². The average molecular weight is 253 g/mol. The van der Waals surface area contributed by atoms with Crippen molar-refractivity contribution >= 4 is 24.3 Å². The number of rotatable bonds is 4. The lowest BCUT2D eigenvalue weighted by molar-refractivity contribution is -0.216. The molecule has 1 rings (SSSR count). The molecule has 1 heterocycles. The Balaban J connectivity index is 0.00000225. The molecule has 0 aromatic rings. The fraction of sp³-hybridized carbons (Fsp3) is 0.556. The normalized spacial score (nSPS) is 15.4. The van der Waals surface area contributed by atoms with Gasteiger partial charge in [-0.15, -0.1) is 12.4 Å². The van der Waals surface area contributed by atoms with Crippen LogP contribution < -0.4 is 0 Å². The quantitative estimate of drug-likeness (QED) is 0.543. The van der Waals surface area contributed by atoms with E-state index in [2.05, 4.69) is 9.47 Å². The average Bonchev–Trinajstić information content (AvgIpc) is 2.68. The molecule has 1 aliphatic rings. The van der Waals surface area contributed by atoms with Gasteiger partial charge in [0.15, 0.2) is 0 Å². The summed E-state index contributed by atoms with van der Waals surface area (Å²) in [5, 5.41) is 0. The largest absolute Gasteiger partial charge is 0.460 e. The third-order valence-electron chi connectivity index (χ3n) is 1.61. The Morgan fingerprint density at radius 3 is 1.75 bits per heavy atom. The van der Waals surface area contributed by atoms with Crippen LogP contribution in [0.25, 0.3) is 0 Å². The van der Waals surface area contributed by atoms with Crippen LogP contribution in [-0.4, -0.2) is 30.9 Å². The van der Waals surface area contributed by atoms with Gasteiger partial charge >= 0.3 is 17.7 Å². The molecule has 0 fully saturated rings. The van der Waals surface area contributed by atoms with E-state index in [4.69, 9.17) is 9.47 Å². The predicted molar refractivity (Wildman–Crippen MR) is 54.6 cm³/mol. The maximum Gasteiger partial charge on any atom is 0.452 e. The number of carbonyl (C=O) groups excluding carboxylic acids is 2. The van der Waals surface area contributed by atoms with Crippen molar-refractivity contribution in [2.45, 2.75) is 19.6 Å². The number of ether oxygens (including phenoxy) is 4. The van der Waals surface area contributed by atoms with Crippen molar-refractivity contribution in [1.29, 1.82) is 0 Å². The van der Waals surface area contributed by atoms with Gasteiger partial charge in [0.2, 0.25) is 0 Å². The minimum absolute atomic E-state index is 0. The zero-order chi connectivity index (χ0) is 11.3. The molecule has 0 N–H and O–H groups in total. The standard InChI is InChI=1S/C9H12O6.ClH/c1-3-12-7(10)9(8(11)13-4-2)14-5-6-15-9;/h5-6H,3-4H2,1-2H3;1H. The highest BCUT2D eigenvalue weighted by Crippen LogP contribution is 2.23. The third kappa shape index (κ3) is 2.57. The van der Waals surface area contributed by atoms with Gasteiger partial charge in [-0.2, -0.15) is 0 Å². The van der Waals surface area contributed by atoms with Crippen LogP contribution in [0.3, 0.4) is 0 Å². The summed E-state index contributed by atoms with van der Waals surface area (Å²) in [6, 6.07) is 0. The third-order valence-corrected chi connectivity index (χ3v) is 1.61. The molecule has 0 unspecified atom stereocenters. The highest BCUT2D eigenvalue weighted by Gasteiger charge is 2.56. The predicted octanol–water partition coefficient (Wildman–Crippen LogP) is 0.749. The number of carbonyl (C=O) groups is 2. The summed E-state index contributed by atoms with van der Waals surface area (Å²) < 4.78 is 19.0. The molecule has 6 nitrogen and oxygen atoms in total. The van der Waals surface area contributed by atoms with E-state index in [-0.39, 0.29) is 25.6 Å². The lowest BCUT2D eigenvalue weighted by Gasteiger charge is -2.22. The van der Waals surface area contributed by atoms with Gasteiger partial charge in [-0.1, -0.05) is 0 Å². The first-order valence-corrected chi connectivity index (χ1v) is 4.52. The minimum Gasteiger partial charge on any atom is -0.460 e. The molecule has 0 spiro atoms. The molecule has 92 valence electrons. The fourth-order valence-corrected chi connectivity index (χ4v) is 1.00. The van der Waals surface area contributed by atoms with E-state index >= 15 is 0 Å². The molecule has 0 saturated heterocycles. The maximum absolute atomic E-state index is 11.5. The first-order valence-electron chi connectivity index (χ1n) is 4.52. The lowest BCUT2D eigenvalue weighted by Crippen LogP contribution is -2.49. The van der Waals surface area contributed by atoms with Crippen molar-refractivity contribution in [3.63, 3.8) is 0 Å². The van der Waals surface area contributed by atoms with Crippen molar-refractivity contribution in [2.75, 3.05) is 13.2 Å². The molecule has 1 aliphatic heterocycles. The fourth-order valence-electron chi connectivity index (χ4n) is 1.00. The monoisotopic (exact) mass is 252 g/mol. The molecular formula is C9H13ClO6. The zero-order valence-corrected chi connectivity index (χ0v) is 9.74. The SMILES string of the molecule is CCOC(=O)C1(C(=O)OCC)OC=CO1.Cl. The second-order valence-electron chi connectivity index (χ2n) is 2.57. The Labute approximate surface area is 98.9 Å². The molecule has 0 bridgehead atoms. The van der Waals surface area contributed by atoms with E-state index in [9.17, 15) is 9.59 Å². The van der Waals surface area contributed by atoms with Crippen LogP contribution >= 0.6 is 12.4 Å². The van der Waals surface area contributed by atoms with Crippen molar-refractivity contribution in [3.05, 3.63) is 12.5 Å². The minimum atomic E-state index is -2.12. The zero-order valence-electron chi connectivity index (χ0n) is 8.93. The van der Waals surface area contributed by atoms with Crippen LogP contribution in [0.4, 0.5) is 0 Å². The molecule has 0 aromatic heterocycles. The highest BCUT2D eigenvalue weighted by molar-refractivity contribution is 6.02. The lowest BCUT2D eigenvalue weighted by atomic mass is 10.3. The van der Waals surface area contributed by atoms with Gasteiger partial charge in [0, 0.05) is 0 Å². The van der Waals surface area contributed by atoms with Gasteiger partial charge < -0.3 is 18.9 Å². The van der Waals surface area contributed by atoms with Gasteiger partial charge in [-0.25, -0.2) is 9.59 Å². The molecule has 0 radical (unpaired) electrons. The van der Waals surface area contributed by atoms with Gasteiger partial charge in [0.25, 0.3) is 0 Å². The number of esters is 2. The molecule has 0 saturated carbocycles. The summed E-state index contributed by atoms with van der Waals surface area (Å²) in [6.45, 7) is 3.46. The van der Waals surface area contributed by atoms with Gasteiger partial charge in [0.05, 0.1) is 13.2 Å². The van der Waals surface area contributed by atoms with Crippen LogP contribution in [0.15, 0.2) is 12.5 Å². The topological polar surface area (TPSA) is 71.1 Å². The molecule has 0 aliphatic carbocycles. The van der Waals surface area contributed by atoms with E-state index in [1.54, 1.807) is 13.8 Å². The summed E-state index contributed by atoms with van der Waals surface area (Å²) in [5.74, 6) is -3.96. The van der Waals surface area contributed by atoms with Crippen molar-refractivity contribution in [3.8, 4) is 0 Å². The second kappa shape index (κ2) is 6.22. The van der Waals surface area contributed by atoms with Crippen LogP contribution in [-0.2, 0) is 28.5 Å². The number of hydrogen-bond acceptors (Lipinski definition) is 6. The Hall–Kier alpha value is -1.43. The van der Waals surface area contributed by atoms with Crippen molar-refractivity contribution in [2.24, 2.45) is 0 Å². The van der Waals surface area contributed by atoms with Crippen LogP contribution in [0, 0.1) is 0 Å². The highest BCUT2D eigenvalue weighted by atomic mass is 35.5. The first kappa shape index (κ1) is 14.6. The van der Waals surface area contributed by atoms with Crippen molar-refractivity contribution < 1.29 is 28.5 Å². The molecule has 0 aromatic carbocycles. The molecule has 7 heteroatoms. The molecular weight excluding hydrogens is 240 g/mol. The molecule has 0 amide bonds. The van der Waals surface area contributed by atoms with E-state index in [1.165, 1.54) is 0 Å². The van der Waals surface area contributed by atoms with E-state index < -0.39 is 17.7 Å². The van der Waals surface area contributed by atoms with Crippen LogP contribution in [0.5, 0.6) is 0 Å². The number of halogens is 1. The number of hydrogen-bond donors (Lipinski definition) is 0. The second-order valence-corrected chi connectivity index (χ2v) is 2.57. The Bertz CT molecular complexity index is 260. The Kier molecular flexibility index (Phi) is 5.66. The van der Waals surface area contributed by atoms with E-state index in [0.29, 0.717) is 0 Å².